The van der Waals surface area contributed by atoms with Crippen molar-refractivity contribution >= 4 is 40.9 Å². The van der Waals surface area contributed by atoms with E-state index in [2.05, 4.69) is 17.3 Å². The number of carbonyl (C=O) groups is 3. The van der Waals surface area contributed by atoms with Gasteiger partial charge in [0.2, 0.25) is 0 Å². The molecule has 32 heavy (non-hydrogen) atoms. The summed E-state index contributed by atoms with van der Waals surface area (Å²) in [6.45, 7) is 2.04. The SMILES string of the molecule is CN1CCc2ccc(C(=O)N3C[C@H](NC(=O)c4ccc(Cl)s4)C[C@@H]3OC(=O)O)cc2CC1. The highest BCUT2D eigenvalue weighted by Gasteiger charge is 2.39. The van der Waals surface area contributed by atoms with Gasteiger partial charge in [-0.2, -0.15) is 0 Å². The van der Waals surface area contributed by atoms with Gasteiger partial charge in [0.05, 0.1) is 15.3 Å². The molecule has 4 rings (SSSR count). The molecule has 0 radical (unpaired) electrons. The molecule has 2 aromatic rings. The molecule has 1 aromatic carbocycles. The van der Waals surface area contributed by atoms with Gasteiger partial charge in [0.25, 0.3) is 11.8 Å². The van der Waals surface area contributed by atoms with Gasteiger partial charge < -0.3 is 25.0 Å². The molecule has 10 heteroatoms. The number of nitrogens with one attached hydrogen (secondary N) is 1. The zero-order valence-corrected chi connectivity index (χ0v) is 19.1. The van der Waals surface area contributed by atoms with Crippen LogP contribution in [-0.4, -0.2) is 71.8 Å². The van der Waals surface area contributed by atoms with Gasteiger partial charge in [0.1, 0.15) is 0 Å². The minimum absolute atomic E-state index is 0.154. The molecular weight excluding hydrogens is 454 g/mol. The lowest BCUT2D eigenvalue weighted by molar-refractivity contribution is -0.00710. The molecule has 1 saturated heterocycles. The normalized spacial score (nSPS) is 21.0. The van der Waals surface area contributed by atoms with Crippen LogP contribution in [0.2, 0.25) is 4.34 Å². The maximum absolute atomic E-state index is 13.3. The number of rotatable bonds is 4. The van der Waals surface area contributed by atoms with E-state index in [1.54, 1.807) is 18.2 Å². The smallest absolute Gasteiger partial charge is 0.450 e. The van der Waals surface area contributed by atoms with Crippen molar-refractivity contribution in [1.82, 2.24) is 15.1 Å². The fourth-order valence-electron chi connectivity index (χ4n) is 4.18. The fourth-order valence-corrected chi connectivity index (χ4v) is 5.12. The molecule has 1 aromatic heterocycles. The number of fused-ring (bicyclic) bond motifs is 1. The van der Waals surface area contributed by atoms with Crippen LogP contribution in [0.1, 0.15) is 37.6 Å². The van der Waals surface area contributed by atoms with Gasteiger partial charge in [-0.25, -0.2) is 4.79 Å². The van der Waals surface area contributed by atoms with E-state index in [-0.39, 0.29) is 24.8 Å². The summed E-state index contributed by atoms with van der Waals surface area (Å²) >= 11 is 7.05. The van der Waals surface area contributed by atoms with Crippen molar-refractivity contribution in [2.75, 3.05) is 26.7 Å². The van der Waals surface area contributed by atoms with Crippen molar-refractivity contribution in [2.24, 2.45) is 0 Å². The van der Waals surface area contributed by atoms with E-state index < -0.39 is 18.4 Å². The Balaban J connectivity index is 1.50. The number of likely N-dealkylation sites (tertiary alicyclic amines) is 1. The predicted molar refractivity (Wildman–Crippen MR) is 120 cm³/mol. The number of ether oxygens (including phenoxy) is 1. The Hall–Kier alpha value is -2.62. The van der Waals surface area contributed by atoms with Gasteiger partial charge in [0, 0.05) is 31.6 Å². The lowest BCUT2D eigenvalue weighted by atomic mass is 9.99. The molecule has 2 atom stereocenters. The topological polar surface area (TPSA) is 99.2 Å². The Morgan fingerprint density at radius 2 is 1.91 bits per heavy atom. The maximum Gasteiger partial charge on any atom is 0.507 e. The first-order valence-electron chi connectivity index (χ1n) is 10.4. The molecule has 8 nitrogen and oxygen atoms in total. The van der Waals surface area contributed by atoms with Gasteiger partial charge >= 0.3 is 6.16 Å². The van der Waals surface area contributed by atoms with Crippen LogP contribution in [0.25, 0.3) is 0 Å². The summed E-state index contributed by atoms with van der Waals surface area (Å²) in [7, 11) is 2.08. The Kier molecular flexibility index (Phi) is 6.68. The minimum Gasteiger partial charge on any atom is -0.450 e. The maximum atomic E-state index is 13.3. The van der Waals surface area contributed by atoms with Crippen LogP contribution in [0.5, 0.6) is 0 Å². The average molecular weight is 478 g/mol. The summed E-state index contributed by atoms with van der Waals surface area (Å²) in [4.78, 5) is 41.1. The number of hydrogen-bond donors (Lipinski definition) is 2. The summed E-state index contributed by atoms with van der Waals surface area (Å²) in [6, 6.07) is 8.48. The Labute approximate surface area is 194 Å². The van der Waals surface area contributed by atoms with Crippen LogP contribution in [0.15, 0.2) is 30.3 Å². The van der Waals surface area contributed by atoms with Gasteiger partial charge in [-0.05, 0) is 55.3 Å². The van der Waals surface area contributed by atoms with Crippen LogP contribution < -0.4 is 5.32 Å². The minimum atomic E-state index is -1.46. The zero-order valence-electron chi connectivity index (χ0n) is 17.5. The first kappa shape index (κ1) is 22.6. The molecule has 0 bridgehead atoms. The van der Waals surface area contributed by atoms with E-state index in [4.69, 9.17) is 21.4 Å². The number of thiophene rings is 1. The standard InChI is InChI=1S/C22H24ClN3O5S/c1-25-8-6-13-2-3-15(10-14(13)7-9-25)21(28)26-12-16(11-19(26)31-22(29)30)24-20(27)17-4-5-18(23)32-17/h2-5,10,16,19H,6-9,11-12H2,1H3,(H,24,27)(H,29,30)/t16-,19+/m1/s1. The molecule has 2 amide bonds. The third-order valence-electron chi connectivity index (χ3n) is 5.86. The second kappa shape index (κ2) is 9.48. The molecule has 170 valence electrons. The monoisotopic (exact) mass is 477 g/mol. The summed E-state index contributed by atoms with van der Waals surface area (Å²) in [6.07, 6.45) is -0.477. The molecule has 0 spiro atoms. The van der Waals surface area contributed by atoms with E-state index in [1.807, 2.05) is 12.1 Å². The third kappa shape index (κ3) is 5.06. The molecule has 0 aliphatic carbocycles. The second-order valence-electron chi connectivity index (χ2n) is 8.09. The molecule has 2 aliphatic rings. The number of hydrogen-bond acceptors (Lipinski definition) is 6. The first-order valence-corrected chi connectivity index (χ1v) is 11.6. The zero-order chi connectivity index (χ0) is 22.8. The Bertz CT molecular complexity index is 1040. The van der Waals surface area contributed by atoms with E-state index in [9.17, 15) is 14.4 Å². The number of amides is 2. The molecule has 2 aliphatic heterocycles. The molecule has 1 fully saturated rings. The number of halogens is 1. The highest BCUT2D eigenvalue weighted by molar-refractivity contribution is 7.18. The van der Waals surface area contributed by atoms with Gasteiger partial charge in [-0.1, -0.05) is 17.7 Å². The number of likely N-dealkylation sites (N-methyl/N-ethyl adjacent to an activating group) is 1. The van der Waals surface area contributed by atoms with Crippen LogP contribution in [-0.2, 0) is 17.6 Å². The third-order valence-corrected chi connectivity index (χ3v) is 7.09. The van der Waals surface area contributed by atoms with Crippen LogP contribution >= 0.6 is 22.9 Å². The molecule has 3 heterocycles. The predicted octanol–water partition coefficient (Wildman–Crippen LogP) is 3.10. The van der Waals surface area contributed by atoms with Crippen molar-refractivity contribution in [3.63, 3.8) is 0 Å². The lowest BCUT2D eigenvalue weighted by Crippen LogP contribution is -2.40. The van der Waals surface area contributed by atoms with Crippen LogP contribution in [0, 0.1) is 0 Å². The van der Waals surface area contributed by atoms with E-state index in [1.165, 1.54) is 10.5 Å². The highest BCUT2D eigenvalue weighted by atomic mass is 35.5. The fraction of sp³-hybridized carbons (Fsp3) is 0.409. The average Bonchev–Trinajstić information content (AvgIpc) is 3.30. The van der Waals surface area contributed by atoms with Gasteiger partial charge in [-0.3, -0.25) is 9.59 Å². The summed E-state index contributed by atoms with van der Waals surface area (Å²) in [5.74, 6) is -0.628. The first-order chi connectivity index (χ1) is 15.3. The summed E-state index contributed by atoms with van der Waals surface area (Å²) in [5, 5.41) is 12.0. The number of nitrogens with zero attached hydrogens (tertiary/aromatic N) is 2. The summed E-state index contributed by atoms with van der Waals surface area (Å²) in [5.41, 5.74) is 2.85. The number of benzene rings is 1. The Morgan fingerprint density at radius 1 is 1.16 bits per heavy atom. The number of carbonyl (C=O) groups excluding carboxylic acids is 2. The summed E-state index contributed by atoms with van der Waals surface area (Å²) < 4.78 is 5.48. The molecule has 0 unspecified atom stereocenters. The van der Waals surface area contributed by atoms with Crippen molar-refractivity contribution in [1.29, 1.82) is 0 Å². The van der Waals surface area contributed by atoms with Crippen molar-refractivity contribution in [3.05, 3.63) is 56.2 Å². The lowest BCUT2D eigenvalue weighted by Gasteiger charge is -2.23. The number of carboxylic acid groups (broad SMARTS) is 1. The van der Waals surface area contributed by atoms with Gasteiger partial charge in [0.15, 0.2) is 6.23 Å². The van der Waals surface area contributed by atoms with E-state index in [0.29, 0.717) is 14.8 Å². The molecular formula is C22H24ClN3O5S. The van der Waals surface area contributed by atoms with Crippen LogP contribution in [0.3, 0.4) is 0 Å². The Morgan fingerprint density at radius 3 is 2.59 bits per heavy atom. The highest BCUT2D eigenvalue weighted by Crippen LogP contribution is 2.26. The van der Waals surface area contributed by atoms with Crippen molar-refractivity contribution in [2.45, 2.75) is 31.5 Å². The van der Waals surface area contributed by atoms with E-state index in [0.717, 1.165) is 42.8 Å². The van der Waals surface area contributed by atoms with Crippen molar-refractivity contribution in [3.8, 4) is 0 Å². The van der Waals surface area contributed by atoms with Gasteiger partial charge in [-0.15, -0.1) is 11.3 Å². The van der Waals surface area contributed by atoms with Crippen molar-refractivity contribution < 1.29 is 24.2 Å². The van der Waals surface area contributed by atoms with E-state index >= 15 is 0 Å². The van der Waals surface area contributed by atoms with Crippen LogP contribution in [0.4, 0.5) is 4.79 Å². The largest absolute Gasteiger partial charge is 0.507 e. The second-order valence-corrected chi connectivity index (χ2v) is 9.81. The quantitative estimate of drug-likeness (QED) is 0.656. The molecule has 0 saturated carbocycles. The molecule has 2 N–H and O–H groups in total.